The predicted octanol–water partition coefficient (Wildman–Crippen LogP) is 3.74. The molecule has 1 aliphatic rings. The fourth-order valence-corrected chi connectivity index (χ4v) is 3.34. The third-order valence-corrected chi connectivity index (χ3v) is 5.18. The Kier molecular flexibility index (Phi) is 6.33. The maximum atomic E-state index is 6.40. The smallest absolute Gasteiger partial charge is 0.0640 e. The zero-order valence-electron chi connectivity index (χ0n) is 12.7. The van der Waals surface area contributed by atoms with Gasteiger partial charge in [0.05, 0.1) is 16.7 Å². The van der Waals surface area contributed by atoms with Gasteiger partial charge in [0.25, 0.3) is 0 Å². The van der Waals surface area contributed by atoms with Gasteiger partial charge >= 0.3 is 0 Å². The highest BCUT2D eigenvalue weighted by Crippen LogP contribution is 2.39. The SMILES string of the molecule is COCCN(C(CN)c1cccc(Cl)c1Cl)C(C)C1CC1. The average Bonchev–Trinajstić information content (AvgIpc) is 3.31. The van der Waals surface area contributed by atoms with Gasteiger partial charge in [-0.2, -0.15) is 0 Å². The molecule has 1 saturated carbocycles. The van der Waals surface area contributed by atoms with Crippen LogP contribution in [0.1, 0.15) is 31.4 Å². The Balaban J connectivity index is 2.26. The van der Waals surface area contributed by atoms with Crippen molar-refractivity contribution < 1.29 is 4.74 Å². The first kappa shape index (κ1) is 17.0. The summed E-state index contributed by atoms with van der Waals surface area (Å²) < 4.78 is 5.27. The third-order valence-electron chi connectivity index (χ3n) is 4.35. The molecule has 1 aliphatic carbocycles. The molecule has 1 fully saturated rings. The number of rotatable bonds is 8. The summed E-state index contributed by atoms with van der Waals surface area (Å²) in [4.78, 5) is 2.42. The van der Waals surface area contributed by atoms with Crippen molar-refractivity contribution in [1.29, 1.82) is 0 Å². The molecule has 2 unspecified atom stereocenters. The predicted molar refractivity (Wildman–Crippen MR) is 89.0 cm³/mol. The van der Waals surface area contributed by atoms with E-state index in [4.69, 9.17) is 33.7 Å². The lowest BCUT2D eigenvalue weighted by Gasteiger charge is -2.36. The molecule has 0 aliphatic heterocycles. The summed E-state index contributed by atoms with van der Waals surface area (Å²) >= 11 is 12.6. The fourth-order valence-electron chi connectivity index (χ4n) is 2.91. The lowest BCUT2D eigenvalue weighted by atomic mass is 10.0. The van der Waals surface area contributed by atoms with Crippen molar-refractivity contribution in [2.45, 2.75) is 31.8 Å². The van der Waals surface area contributed by atoms with Gasteiger partial charge in [0.2, 0.25) is 0 Å². The number of nitrogens with two attached hydrogens (primary N) is 1. The minimum absolute atomic E-state index is 0.0712. The number of halogens is 2. The normalized spacial score (nSPS) is 18.0. The van der Waals surface area contributed by atoms with Crippen LogP contribution in [0.3, 0.4) is 0 Å². The van der Waals surface area contributed by atoms with Crippen molar-refractivity contribution in [2.75, 3.05) is 26.8 Å². The van der Waals surface area contributed by atoms with Gasteiger partial charge in [-0.15, -0.1) is 0 Å². The molecule has 2 atom stereocenters. The van der Waals surface area contributed by atoms with E-state index in [9.17, 15) is 0 Å². The number of hydrogen-bond acceptors (Lipinski definition) is 3. The molecule has 1 aromatic rings. The van der Waals surface area contributed by atoms with E-state index in [1.54, 1.807) is 7.11 Å². The van der Waals surface area contributed by atoms with Crippen LogP contribution in [0.4, 0.5) is 0 Å². The Morgan fingerprint density at radius 3 is 2.67 bits per heavy atom. The zero-order chi connectivity index (χ0) is 15.4. The number of hydrogen-bond donors (Lipinski definition) is 1. The summed E-state index contributed by atoms with van der Waals surface area (Å²) in [5, 5.41) is 1.19. The largest absolute Gasteiger partial charge is 0.383 e. The molecule has 1 aromatic carbocycles. The van der Waals surface area contributed by atoms with E-state index in [1.165, 1.54) is 12.8 Å². The molecular weight excluding hydrogens is 307 g/mol. The molecule has 0 bridgehead atoms. The van der Waals surface area contributed by atoms with Gasteiger partial charge in [0, 0.05) is 32.3 Å². The monoisotopic (exact) mass is 330 g/mol. The first-order valence-electron chi connectivity index (χ1n) is 7.48. The Bertz CT molecular complexity index is 466. The summed E-state index contributed by atoms with van der Waals surface area (Å²) in [6.45, 7) is 4.32. The van der Waals surface area contributed by atoms with Crippen molar-refractivity contribution in [1.82, 2.24) is 4.90 Å². The third kappa shape index (κ3) is 4.11. The van der Waals surface area contributed by atoms with Crippen molar-refractivity contribution in [3.05, 3.63) is 33.8 Å². The number of ether oxygens (including phenoxy) is 1. The molecule has 118 valence electrons. The van der Waals surface area contributed by atoms with Crippen LogP contribution in [0.2, 0.25) is 10.0 Å². The second-order valence-corrected chi connectivity index (χ2v) is 6.49. The summed E-state index contributed by atoms with van der Waals surface area (Å²) in [6, 6.07) is 6.31. The van der Waals surface area contributed by atoms with E-state index in [-0.39, 0.29) is 6.04 Å². The van der Waals surface area contributed by atoms with E-state index in [0.717, 1.165) is 18.0 Å². The van der Waals surface area contributed by atoms with E-state index >= 15 is 0 Å². The Morgan fingerprint density at radius 1 is 1.38 bits per heavy atom. The standard InChI is InChI=1S/C16H24Cl2N2O/c1-11(12-6-7-12)20(8-9-21-2)15(10-19)13-4-3-5-14(17)16(13)18/h3-5,11-12,15H,6-10,19H2,1-2H3. The van der Waals surface area contributed by atoms with E-state index in [2.05, 4.69) is 11.8 Å². The number of methoxy groups -OCH3 is 1. The van der Waals surface area contributed by atoms with E-state index in [1.807, 2.05) is 18.2 Å². The van der Waals surface area contributed by atoms with Gasteiger partial charge in [-0.3, -0.25) is 4.90 Å². The van der Waals surface area contributed by atoms with Crippen molar-refractivity contribution in [3.8, 4) is 0 Å². The summed E-state index contributed by atoms with van der Waals surface area (Å²) in [5.74, 6) is 0.758. The van der Waals surface area contributed by atoms with Crippen LogP contribution in [0.5, 0.6) is 0 Å². The number of benzene rings is 1. The van der Waals surface area contributed by atoms with Crippen LogP contribution >= 0.6 is 23.2 Å². The lowest BCUT2D eigenvalue weighted by Crippen LogP contribution is -2.43. The lowest BCUT2D eigenvalue weighted by molar-refractivity contribution is 0.0835. The molecule has 0 amide bonds. The summed E-state index contributed by atoms with van der Waals surface area (Å²) in [7, 11) is 1.73. The molecule has 0 spiro atoms. The molecular formula is C16H24Cl2N2O. The van der Waals surface area contributed by atoms with Crippen LogP contribution in [0.15, 0.2) is 18.2 Å². The van der Waals surface area contributed by atoms with Crippen molar-refractivity contribution in [3.63, 3.8) is 0 Å². The molecule has 2 rings (SSSR count). The first-order chi connectivity index (χ1) is 10.1. The maximum absolute atomic E-state index is 6.40. The highest BCUT2D eigenvalue weighted by molar-refractivity contribution is 6.42. The molecule has 2 N–H and O–H groups in total. The van der Waals surface area contributed by atoms with Gasteiger partial charge in [-0.1, -0.05) is 35.3 Å². The maximum Gasteiger partial charge on any atom is 0.0640 e. The molecule has 0 aromatic heterocycles. The Labute approximate surface area is 137 Å². The van der Waals surface area contributed by atoms with Gasteiger partial charge in [0.1, 0.15) is 0 Å². The number of nitrogens with zero attached hydrogens (tertiary/aromatic N) is 1. The van der Waals surface area contributed by atoms with Crippen LogP contribution in [0, 0.1) is 5.92 Å². The quantitative estimate of drug-likeness (QED) is 0.789. The molecule has 0 heterocycles. The van der Waals surface area contributed by atoms with Crippen molar-refractivity contribution in [2.24, 2.45) is 11.7 Å². The topological polar surface area (TPSA) is 38.5 Å². The fraction of sp³-hybridized carbons (Fsp3) is 0.625. The highest BCUT2D eigenvalue weighted by Gasteiger charge is 2.35. The van der Waals surface area contributed by atoms with E-state index in [0.29, 0.717) is 29.2 Å². The Morgan fingerprint density at radius 2 is 2.10 bits per heavy atom. The van der Waals surface area contributed by atoms with Crippen LogP contribution < -0.4 is 5.73 Å². The molecule has 0 radical (unpaired) electrons. The average molecular weight is 331 g/mol. The second-order valence-electron chi connectivity index (χ2n) is 5.70. The Hall–Kier alpha value is -0.320. The highest BCUT2D eigenvalue weighted by atomic mass is 35.5. The molecule has 0 saturated heterocycles. The second kappa shape index (κ2) is 7.80. The van der Waals surface area contributed by atoms with Crippen LogP contribution in [0.25, 0.3) is 0 Å². The molecule has 5 heteroatoms. The van der Waals surface area contributed by atoms with Gasteiger partial charge in [-0.25, -0.2) is 0 Å². The summed E-state index contributed by atoms with van der Waals surface area (Å²) in [5.41, 5.74) is 7.08. The minimum Gasteiger partial charge on any atom is -0.383 e. The minimum atomic E-state index is 0.0712. The van der Waals surface area contributed by atoms with Gasteiger partial charge in [-0.05, 0) is 37.3 Å². The molecule has 3 nitrogen and oxygen atoms in total. The van der Waals surface area contributed by atoms with Crippen LogP contribution in [-0.4, -0.2) is 37.7 Å². The van der Waals surface area contributed by atoms with Crippen molar-refractivity contribution >= 4 is 23.2 Å². The summed E-state index contributed by atoms with van der Waals surface area (Å²) in [6.07, 6.45) is 2.59. The van der Waals surface area contributed by atoms with Crippen LogP contribution in [-0.2, 0) is 4.74 Å². The molecule has 21 heavy (non-hydrogen) atoms. The zero-order valence-corrected chi connectivity index (χ0v) is 14.2. The van der Waals surface area contributed by atoms with Gasteiger partial charge in [0.15, 0.2) is 0 Å². The van der Waals surface area contributed by atoms with Gasteiger partial charge < -0.3 is 10.5 Å². The van der Waals surface area contributed by atoms with E-state index < -0.39 is 0 Å². The first-order valence-corrected chi connectivity index (χ1v) is 8.24.